The second-order valence-electron chi connectivity index (χ2n) is 6.92. The molecule has 3 aromatic rings. The summed E-state index contributed by atoms with van der Waals surface area (Å²) >= 11 is 1.87. The molecule has 0 radical (unpaired) electrons. The zero-order valence-electron chi connectivity index (χ0n) is 15.0. The molecule has 1 unspecified atom stereocenters. The van der Waals surface area contributed by atoms with E-state index in [1.54, 1.807) is 6.07 Å². The minimum atomic E-state index is -0.252. The number of hydrogen-bond donors (Lipinski definition) is 0. The monoisotopic (exact) mass is 353 g/mol. The highest BCUT2D eigenvalue weighted by molar-refractivity contribution is 7.10. The van der Waals surface area contributed by atoms with Gasteiger partial charge in [-0.2, -0.15) is 0 Å². The van der Waals surface area contributed by atoms with Crippen molar-refractivity contribution < 1.29 is 4.42 Å². The van der Waals surface area contributed by atoms with E-state index in [0.717, 1.165) is 53.6 Å². The molecule has 0 N–H and O–H groups in total. The summed E-state index contributed by atoms with van der Waals surface area (Å²) in [7, 11) is 0. The molecule has 0 saturated heterocycles. The van der Waals surface area contributed by atoms with Crippen molar-refractivity contribution in [2.75, 3.05) is 6.54 Å². The van der Waals surface area contributed by atoms with Gasteiger partial charge in [0.05, 0.1) is 0 Å². The molecule has 1 atom stereocenters. The summed E-state index contributed by atoms with van der Waals surface area (Å²) in [6.07, 6.45) is 2.18. The molecule has 0 fully saturated rings. The predicted octanol–water partition coefficient (Wildman–Crippen LogP) is 4.98. The van der Waals surface area contributed by atoms with Crippen LogP contribution in [0.25, 0.3) is 11.0 Å². The number of thiophene rings is 1. The average Bonchev–Trinajstić information content (AvgIpc) is 3.07. The van der Waals surface area contributed by atoms with Crippen LogP contribution in [0.1, 0.15) is 46.5 Å². The molecular formula is C21H23NO2S. The Morgan fingerprint density at radius 2 is 2.12 bits per heavy atom. The smallest absolute Gasteiger partial charge is 0.336 e. The number of aryl methyl sites for hydroxylation is 2. The Kier molecular flexibility index (Phi) is 4.26. The van der Waals surface area contributed by atoms with E-state index in [-0.39, 0.29) is 5.63 Å². The van der Waals surface area contributed by atoms with Crippen LogP contribution in [0, 0.1) is 13.8 Å². The molecule has 4 rings (SSSR count). The molecule has 1 aliphatic heterocycles. The molecule has 0 aliphatic carbocycles. The van der Waals surface area contributed by atoms with Gasteiger partial charge in [0.1, 0.15) is 5.58 Å². The largest absolute Gasteiger partial charge is 0.422 e. The van der Waals surface area contributed by atoms with Gasteiger partial charge in [-0.3, -0.25) is 4.90 Å². The lowest BCUT2D eigenvalue weighted by atomic mass is 9.96. The molecule has 0 bridgehead atoms. The Morgan fingerprint density at radius 3 is 2.92 bits per heavy atom. The first-order valence-corrected chi connectivity index (χ1v) is 9.79. The zero-order chi connectivity index (χ0) is 17.6. The van der Waals surface area contributed by atoms with Crippen molar-refractivity contribution >= 4 is 22.3 Å². The molecule has 0 amide bonds. The maximum Gasteiger partial charge on any atom is 0.336 e. The lowest BCUT2D eigenvalue weighted by molar-refractivity contribution is 0.173. The molecule has 0 spiro atoms. The lowest BCUT2D eigenvalue weighted by Gasteiger charge is -2.35. The zero-order valence-corrected chi connectivity index (χ0v) is 15.8. The fourth-order valence-electron chi connectivity index (χ4n) is 3.99. The van der Waals surface area contributed by atoms with Gasteiger partial charge in [0.25, 0.3) is 0 Å². The summed E-state index contributed by atoms with van der Waals surface area (Å²) in [6, 6.07) is 8.59. The van der Waals surface area contributed by atoms with Crippen LogP contribution in [0.3, 0.4) is 0 Å². The third-order valence-electron chi connectivity index (χ3n) is 5.48. The summed E-state index contributed by atoms with van der Waals surface area (Å²) in [4.78, 5) is 16.2. The Morgan fingerprint density at radius 1 is 1.28 bits per heavy atom. The second kappa shape index (κ2) is 6.43. The summed E-state index contributed by atoms with van der Waals surface area (Å²) < 4.78 is 5.53. The fraction of sp³-hybridized carbons (Fsp3) is 0.381. The van der Waals surface area contributed by atoms with Crippen LogP contribution in [0.4, 0.5) is 0 Å². The van der Waals surface area contributed by atoms with Crippen LogP contribution >= 0.6 is 11.3 Å². The van der Waals surface area contributed by atoms with Crippen LogP contribution in [0.2, 0.25) is 0 Å². The van der Waals surface area contributed by atoms with Crippen LogP contribution in [-0.2, 0) is 13.0 Å². The summed E-state index contributed by atoms with van der Waals surface area (Å²) in [5.74, 6) is 0. The van der Waals surface area contributed by atoms with E-state index < -0.39 is 0 Å². The molecule has 4 heteroatoms. The molecule has 2 aromatic heterocycles. The Labute approximate surface area is 151 Å². The molecule has 130 valence electrons. The lowest BCUT2D eigenvalue weighted by Crippen LogP contribution is -2.34. The first-order valence-electron chi connectivity index (χ1n) is 8.91. The molecule has 1 aromatic carbocycles. The van der Waals surface area contributed by atoms with Gasteiger partial charge >= 0.3 is 5.63 Å². The first-order chi connectivity index (χ1) is 12.1. The topological polar surface area (TPSA) is 33.5 Å². The minimum absolute atomic E-state index is 0.252. The van der Waals surface area contributed by atoms with Crippen molar-refractivity contribution in [1.82, 2.24) is 4.90 Å². The van der Waals surface area contributed by atoms with Gasteiger partial charge in [0, 0.05) is 35.5 Å². The highest BCUT2D eigenvalue weighted by atomic mass is 32.1. The third kappa shape index (κ3) is 2.83. The van der Waals surface area contributed by atoms with E-state index in [0.29, 0.717) is 6.04 Å². The summed E-state index contributed by atoms with van der Waals surface area (Å²) in [6.45, 7) is 8.15. The van der Waals surface area contributed by atoms with Gasteiger partial charge in [-0.15, -0.1) is 11.3 Å². The third-order valence-corrected chi connectivity index (χ3v) is 6.48. The van der Waals surface area contributed by atoms with E-state index >= 15 is 0 Å². The van der Waals surface area contributed by atoms with Gasteiger partial charge in [-0.05, 0) is 60.4 Å². The highest BCUT2D eigenvalue weighted by Gasteiger charge is 2.27. The molecule has 0 saturated carbocycles. The molecular weight excluding hydrogens is 330 g/mol. The van der Waals surface area contributed by atoms with E-state index in [2.05, 4.69) is 42.3 Å². The van der Waals surface area contributed by atoms with Gasteiger partial charge < -0.3 is 4.42 Å². The van der Waals surface area contributed by atoms with E-state index in [1.807, 2.05) is 18.3 Å². The van der Waals surface area contributed by atoms with Gasteiger partial charge in [0.2, 0.25) is 0 Å². The predicted molar refractivity (Wildman–Crippen MR) is 103 cm³/mol. The van der Waals surface area contributed by atoms with Gasteiger partial charge in [-0.1, -0.05) is 19.1 Å². The van der Waals surface area contributed by atoms with Crippen molar-refractivity contribution in [3.05, 3.63) is 67.2 Å². The van der Waals surface area contributed by atoms with Crippen LogP contribution in [0.15, 0.2) is 38.9 Å². The van der Waals surface area contributed by atoms with Crippen LogP contribution < -0.4 is 5.63 Å². The number of benzene rings is 1. The number of fused-ring (bicyclic) bond motifs is 2. The van der Waals surface area contributed by atoms with Gasteiger partial charge in [-0.25, -0.2) is 4.79 Å². The van der Waals surface area contributed by atoms with Crippen molar-refractivity contribution in [2.45, 2.75) is 46.2 Å². The average molecular weight is 353 g/mol. The molecule has 1 aliphatic rings. The quantitative estimate of drug-likeness (QED) is 0.623. The van der Waals surface area contributed by atoms with E-state index in [4.69, 9.17) is 4.42 Å². The minimum Gasteiger partial charge on any atom is -0.422 e. The Bertz CT molecular complexity index is 985. The first kappa shape index (κ1) is 16.6. The maximum atomic E-state index is 12.1. The summed E-state index contributed by atoms with van der Waals surface area (Å²) in [5.41, 5.74) is 5.24. The second-order valence-corrected chi connectivity index (χ2v) is 7.92. The number of nitrogens with zero attached hydrogens (tertiary/aromatic N) is 1. The normalized spacial score (nSPS) is 17.8. The number of rotatable bonds is 3. The van der Waals surface area contributed by atoms with E-state index in [9.17, 15) is 4.79 Å². The molecule has 25 heavy (non-hydrogen) atoms. The van der Waals surface area contributed by atoms with Gasteiger partial charge in [0.15, 0.2) is 0 Å². The number of hydrogen-bond acceptors (Lipinski definition) is 4. The highest BCUT2D eigenvalue weighted by Crippen LogP contribution is 2.36. The summed E-state index contributed by atoms with van der Waals surface area (Å²) in [5, 5.41) is 3.27. The molecule has 3 heterocycles. The van der Waals surface area contributed by atoms with E-state index in [1.165, 1.54) is 10.4 Å². The van der Waals surface area contributed by atoms with Crippen molar-refractivity contribution in [3.63, 3.8) is 0 Å². The van der Waals surface area contributed by atoms with Crippen LogP contribution in [0.5, 0.6) is 0 Å². The van der Waals surface area contributed by atoms with Crippen molar-refractivity contribution in [1.29, 1.82) is 0 Å². The maximum absolute atomic E-state index is 12.1. The molecule has 3 nitrogen and oxygen atoms in total. The Hall–Kier alpha value is -1.91. The van der Waals surface area contributed by atoms with Crippen molar-refractivity contribution in [3.8, 4) is 0 Å². The standard InChI is InChI=1S/C21H23NO2S/c1-4-18-17-8-10-25-19(17)7-9-22(18)12-15-11-20(23)24-21-14(3)13(2)5-6-16(15)21/h5-6,8,10-11,18H,4,7,9,12H2,1-3H3. The van der Waals surface area contributed by atoms with Crippen LogP contribution in [-0.4, -0.2) is 11.4 Å². The fourth-order valence-corrected chi connectivity index (χ4v) is 4.92. The SMILES string of the molecule is CCC1c2ccsc2CCN1Cc1cc(=O)oc2c(C)c(C)ccc12. The Balaban J connectivity index is 1.76. The van der Waals surface area contributed by atoms with Crippen molar-refractivity contribution in [2.24, 2.45) is 0 Å².